The molecule has 2 heterocycles. The highest BCUT2D eigenvalue weighted by Gasteiger charge is 2.26. The van der Waals surface area contributed by atoms with E-state index in [2.05, 4.69) is 5.32 Å². The van der Waals surface area contributed by atoms with Crippen molar-refractivity contribution in [2.24, 2.45) is 0 Å². The summed E-state index contributed by atoms with van der Waals surface area (Å²) >= 11 is 0. The van der Waals surface area contributed by atoms with Gasteiger partial charge in [0.1, 0.15) is 0 Å². The largest absolute Gasteiger partial charge is 0.339 e. The highest BCUT2D eigenvalue weighted by atomic mass is 16.2. The number of piperazine rings is 1. The third-order valence-electron chi connectivity index (χ3n) is 4.90. The third kappa shape index (κ3) is 5.05. The molecule has 7 heteroatoms. The van der Waals surface area contributed by atoms with Gasteiger partial charge in [0.15, 0.2) is 0 Å². The van der Waals surface area contributed by atoms with Gasteiger partial charge in [-0.3, -0.25) is 19.3 Å². The number of nitrogens with zero attached hydrogens (tertiary/aromatic N) is 3. The van der Waals surface area contributed by atoms with Crippen molar-refractivity contribution in [1.29, 1.82) is 0 Å². The number of anilines is 1. The van der Waals surface area contributed by atoms with E-state index in [-0.39, 0.29) is 24.3 Å². The highest BCUT2D eigenvalue weighted by molar-refractivity contribution is 5.92. The lowest BCUT2D eigenvalue weighted by atomic mass is 10.1. The molecule has 2 fully saturated rings. The Morgan fingerprint density at radius 1 is 0.923 bits per heavy atom. The van der Waals surface area contributed by atoms with Crippen LogP contribution < -0.4 is 5.32 Å². The van der Waals surface area contributed by atoms with Crippen molar-refractivity contribution in [3.63, 3.8) is 0 Å². The molecule has 2 aliphatic rings. The van der Waals surface area contributed by atoms with Gasteiger partial charge in [0, 0.05) is 44.8 Å². The summed E-state index contributed by atoms with van der Waals surface area (Å²) in [6.07, 6.45) is 2.45. The minimum atomic E-state index is -0.0464. The Balaban J connectivity index is 1.40. The van der Waals surface area contributed by atoms with Crippen LogP contribution in [0, 0.1) is 0 Å². The predicted octanol–water partition coefficient (Wildman–Crippen LogP) is 0.782. The van der Waals surface area contributed by atoms with Gasteiger partial charge in [-0.15, -0.1) is 0 Å². The molecule has 1 aromatic rings. The van der Waals surface area contributed by atoms with Crippen LogP contribution in [0.2, 0.25) is 0 Å². The average molecular weight is 358 g/mol. The lowest BCUT2D eigenvalue weighted by Gasteiger charge is -2.36. The Morgan fingerprint density at radius 3 is 2.35 bits per heavy atom. The van der Waals surface area contributed by atoms with Gasteiger partial charge in [-0.25, -0.2) is 0 Å². The number of rotatable bonds is 5. The maximum Gasteiger partial charge on any atom is 0.242 e. The van der Waals surface area contributed by atoms with E-state index in [0.717, 1.165) is 18.5 Å². The molecule has 0 radical (unpaired) electrons. The number of piperidine rings is 1. The third-order valence-corrected chi connectivity index (χ3v) is 4.90. The number of benzene rings is 1. The first-order valence-electron chi connectivity index (χ1n) is 9.24. The van der Waals surface area contributed by atoms with Crippen molar-refractivity contribution < 1.29 is 14.4 Å². The van der Waals surface area contributed by atoms with Gasteiger partial charge < -0.3 is 15.1 Å². The monoisotopic (exact) mass is 358 g/mol. The number of para-hydroxylation sites is 1. The summed E-state index contributed by atoms with van der Waals surface area (Å²) in [7, 11) is 0. The van der Waals surface area contributed by atoms with Crippen molar-refractivity contribution in [2.75, 3.05) is 51.1 Å². The minimum Gasteiger partial charge on any atom is -0.339 e. The molecule has 2 saturated heterocycles. The van der Waals surface area contributed by atoms with E-state index in [4.69, 9.17) is 0 Å². The zero-order chi connectivity index (χ0) is 18.4. The van der Waals surface area contributed by atoms with E-state index in [9.17, 15) is 14.4 Å². The Labute approximate surface area is 153 Å². The molecule has 7 nitrogen and oxygen atoms in total. The van der Waals surface area contributed by atoms with Crippen molar-refractivity contribution in [2.45, 2.75) is 19.3 Å². The van der Waals surface area contributed by atoms with E-state index >= 15 is 0 Å². The maximum atomic E-state index is 12.4. The van der Waals surface area contributed by atoms with Crippen LogP contribution in [0.4, 0.5) is 5.69 Å². The number of carbonyl (C=O) groups excluding carboxylic acids is 3. The van der Waals surface area contributed by atoms with E-state index in [1.54, 1.807) is 9.80 Å². The van der Waals surface area contributed by atoms with Crippen LogP contribution in [0.5, 0.6) is 0 Å². The fourth-order valence-electron chi connectivity index (χ4n) is 3.37. The highest BCUT2D eigenvalue weighted by Crippen LogP contribution is 2.11. The van der Waals surface area contributed by atoms with Crippen molar-refractivity contribution in [3.8, 4) is 0 Å². The quantitative estimate of drug-likeness (QED) is 0.844. The summed E-state index contributed by atoms with van der Waals surface area (Å²) in [5.41, 5.74) is 0.789. The molecule has 26 heavy (non-hydrogen) atoms. The van der Waals surface area contributed by atoms with Gasteiger partial charge in [-0.05, 0) is 25.0 Å². The Morgan fingerprint density at radius 2 is 1.65 bits per heavy atom. The van der Waals surface area contributed by atoms with Crippen LogP contribution in [0.3, 0.4) is 0 Å². The normalized spacial score (nSPS) is 18.7. The molecular weight excluding hydrogens is 332 g/mol. The van der Waals surface area contributed by atoms with Crippen LogP contribution in [0.1, 0.15) is 19.3 Å². The van der Waals surface area contributed by atoms with Gasteiger partial charge in [0.25, 0.3) is 0 Å². The first kappa shape index (κ1) is 18.4. The molecule has 0 atom stereocenters. The molecule has 0 bridgehead atoms. The minimum absolute atomic E-state index is 0.00800. The van der Waals surface area contributed by atoms with Crippen LogP contribution in [0.15, 0.2) is 30.3 Å². The first-order chi connectivity index (χ1) is 12.6. The molecule has 140 valence electrons. The van der Waals surface area contributed by atoms with Crippen LogP contribution in [0.25, 0.3) is 0 Å². The zero-order valence-electron chi connectivity index (χ0n) is 15.0. The Bertz CT molecular complexity index is 641. The smallest absolute Gasteiger partial charge is 0.242 e. The first-order valence-corrected chi connectivity index (χ1v) is 9.24. The number of hydrogen-bond acceptors (Lipinski definition) is 4. The fourth-order valence-corrected chi connectivity index (χ4v) is 3.37. The Kier molecular flexibility index (Phi) is 6.22. The molecular formula is C19H26N4O3. The number of hydrogen-bond donors (Lipinski definition) is 1. The molecule has 3 amide bonds. The zero-order valence-corrected chi connectivity index (χ0v) is 15.0. The molecule has 2 aliphatic heterocycles. The van der Waals surface area contributed by atoms with E-state index in [1.807, 2.05) is 35.2 Å². The molecule has 0 unspecified atom stereocenters. The molecule has 0 spiro atoms. The Hall–Kier alpha value is -2.41. The molecule has 3 rings (SSSR count). The summed E-state index contributed by atoms with van der Waals surface area (Å²) < 4.78 is 0. The van der Waals surface area contributed by atoms with Crippen molar-refractivity contribution in [3.05, 3.63) is 30.3 Å². The topological polar surface area (TPSA) is 73.0 Å². The number of carbonyl (C=O) groups is 3. The molecule has 0 saturated carbocycles. The van der Waals surface area contributed by atoms with Gasteiger partial charge in [0.2, 0.25) is 17.7 Å². The van der Waals surface area contributed by atoms with E-state index in [1.165, 1.54) is 0 Å². The van der Waals surface area contributed by atoms with Gasteiger partial charge >= 0.3 is 0 Å². The van der Waals surface area contributed by atoms with Crippen molar-refractivity contribution in [1.82, 2.24) is 14.7 Å². The second-order valence-electron chi connectivity index (χ2n) is 6.84. The summed E-state index contributed by atoms with van der Waals surface area (Å²) in [5.74, 6) is 0.0457. The lowest BCUT2D eigenvalue weighted by Crippen LogP contribution is -2.53. The molecule has 0 aromatic heterocycles. The summed E-state index contributed by atoms with van der Waals surface area (Å²) in [5, 5.41) is 2.88. The second-order valence-corrected chi connectivity index (χ2v) is 6.84. The SMILES string of the molecule is O=C(CN1CCN(C(=O)CN2CCCCC2=O)CC1)Nc1ccccc1. The molecule has 1 N–H and O–H groups in total. The second kappa shape index (κ2) is 8.80. The van der Waals surface area contributed by atoms with Crippen LogP contribution in [-0.4, -0.2) is 78.2 Å². The van der Waals surface area contributed by atoms with E-state index in [0.29, 0.717) is 45.7 Å². The van der Waals surface area contributed by atoms with Crippen LogP contribution >= 0.6 is 0 Å². The maximum absolute atomic E-state index is 12.4. The number of likely N-dealkylation sites (tertiary alicyclic amines) is 1. The average Bonchev–Trinajstić information content (AvgIpc) is 2.65. The number of amides is 3. The molecule has 1 aromatic carbocycles. The van der Waals surface area contributed by atoms with Crippen LogP contribution in [-0.2, 0) is 14.4 Å². The van der Waals surface area contributed by atoms with Crippen molar-refractivity contribution >= 4 is 23.4 Å². The summed E-state index contributed by atoms with van der Waals surface area (Å²) in [6.45, 7) is 3.72. The fraction of sp³-hybridized carbons (Fsp3) is 0.526. The predicted molar refractivity (Wildman–Crippen MR) is 98.5 cm³/mol. The molecule has 0 aliphatic carbocycles. The van der Waals surface area contributed by atoms with Gasteiger partial charge in [-0.1, -0.05) is 18.2 Å². The summed E-state index contributed by atoms with van der Waals surface area (Å²) in [6, 6.07) is 9.39. The number of nitrogens with one attached hydrogen (secondary N) is 1. The van der Waals surface area contributed by atoms with Gasteiger partial charge in [0.05, 0.1) is 13.1 Å². The summed E-state index contributed by atoms with van der Waals surface area (Å²) in [4.78, 5) is 41.9. The lowest BCUT2D eigenvalue weighted by molar-refractivity contribution is -0.143. The van der Waals surface area contributed by atoms with E-state index < -0.39 is 0 Å². The standard InChI is InChI=1S/C19H26N4O3/c24-17(20-16-6-2-1-3-7-16)14-21-10-12-22(13-11-21)19(26)15-23-9-5-4-8-18(23)25/h1-3,6-7H,4-5,8-15H2,(H,20,24). The van der Waals surface area contributed by atoms with Gasteiger partial charge in [-0.2, -0.15) is 0 Å².